The summed E-state index contributed by atoms with van der Waals surface area (Å²) < 4.78 is 6.49. The fraction of sp³-hybridized carbons (Fsp3) is 0.684. The van der Waals surface area contributed by atoms with Gasteiger partial charge in [0.1, 0.15) is 17.1 Å². The molecule has 0 aromatic heterocycles. The molecule has 0 radical (unpaired) electrons. The number of rotatable bonds is 3. The summed E-state index contributed by atoms with van der Waals surface area (Å²) in [5.41, 5.74) is 3.85. The van der Waals surface area contributed by atoms with Gasteiger partial charge in [-0.1, -0.05) is 0 Å². The van der Waals surface area contributed by atoms with Crippen molar-refractivity contribution in [1.29, 1.82) is 0 Å². The van der Waals surface area contributed by atoms with E-state index in [4.69, 9.17) is 4.74 Å². The quantitative estimate of drug-likeness (QED) is 0.899. The lowest BCUT2D eigenvalue weighted by Crippen LogP contribution is -2.49. The normalized spacial score (nSPS) is 27.8. The molecule has 0 spiro atoms. The zero-order valence-corrected chi connectivity index (χ0v) is 14.8. The van der Waals surface area contributed by atoms with Gasteiger partial charge in [0.15, 0.2) is 0 Å². The molecule has 128 valence electrons. The Hall–Kier alpha value is -1.26. The third-order valence-corrected chi connectivity index (χ3v) is 5.84. The highest BCUT2D eigenvalue weighted by atomic mass is 16.5. The van der Waals surface area contributed by atoms with E-state index in [0.29, 0.717) is 5.75 Å². The Bertz CT molecular complexity index is 613. The van der Waals surface area contributed by atoms with Gasteiger partial charge in [-0.2, -0.15) is 0 Å². The standard InChI is InChI=1S/C19H29NO3/c1-12-13(2)18-16(14(3)17(12)22)7-8-19(4,23-18)11-20-9-5-6-15(20)10-21/h15,21-22H,5-11H2,1-4H3/t15-,19?/m0/s1. The number of aromatic hydroxyl groups is 1. The predicted molar refractivity (Wildman–Crippen MR) is 91.4 cm³/mol. The average molecular weight is 319 g/mol. The van der Waals surface area contributed by atoms with Crippen molar-refractivity contribution < 1.29 is 14.9 Å². The lowest BCUT2D eigenvalue weighted by molar-refractivity contribution is 0.0131. The van der Waals surface area contributed by atoms with Crippen LogP contribution in [-0.4, -0.2) is 46.5 Å². The van der Waals surface area contributed by atoms with E-state index in [9.17, 15) is 10.2 Å². The monoisotopic (exact) mass is 319 g/mol. The Labute approximate surface area is 139 Å². The summed E-state index contributed by atoms with van der Waals surface area (Å²) in [5, 5.41) is 19.8. The molecular formula is C19H29NO3. The summed E-state index contributed by atoms with van der Waals surface area (Å²) in [6.45, 7) is 10.3. The van der Waals surface area contributed by atoms with Gasteiger partial charge in [-0.3, -0.25) is 4.90 Å². The molecule has 1 saturated heterocycles. The maximum Gasteiger partial charge on any atom is 0.127 e. The van der Waals surface area contributed by atoms with Crippen LogP contribution in [0.1, 0.15) is 48.4 Å². The van der Waals surface area contributed by atoms with Gasteiger partial charge >= 0.3 is 0 Å². The Morgan fingerprint density at radius 1 is 1.22 bits per heavy atom. The number of likely N-dealkylation sites (tertiary alicyclic amines) is 1. The van der Waals surface area contributed by atoms with Gasteiger partial charge in [0, 0.05) is 18.2 Å². The molecule has 1 unspecified atom stereocenters. The van der Waals surface area contributed by atoms with Crippen LogP contribution in [0.25, 0.3) is 0 Å². The summed E-state index contributed by atoms with van der Waals surface area (Å²) in [6.07, 6.45) is 4.11. The summed E-state index contributed by atoms with van der Waals surface area (Å²) in [4.78, 5) is 2.38. The molecule has 0 saturated carbocycles. The van der Waals surface area contributed by atoms with Crippen LogP contribution in [0.3, 0.4) is 0 Å². The number of hydrogen-bond acceptors (Lipinski definition) is 4. The van der Waals surface area contributed by atoms with E-state index in [1.165, 1.54) is 0 Å². The zero-order valence-electron chi connectivity index (χ0n) is 14.8. The molecule has 0 aliphatic carbocycles. The Morgan fingerprint density at radius 2 is 1.96 bits per heavy atom. The first kappa shape index (κ1) is 16.6. The third-order valence-electron chi connectivity index (χ3n) is 5.84. The van der Waals surface area contributed by atoms with Crippen molar-refractivity contribution in [3.8, 4) is 11.5 Å². The molecule has 4 nitrogen and oxygen atoms in total. The van der Waals surface area contributed by atoms with Gasteiger partial charge < -0.3 is 14.9 Å². The summed E-state index contributed by atoms with van der Waals surface area (Å²) in [7, 11) is 0. The van der Waals surface area contributed by atoms with Gasteiger partial charge in [-0.15, -0.1) is 0 Å². The molecule has 2 atom stereocenters. The lowest BCUT2D eigenvalue weighted by atomic mass is 9.87. The maximum atomic E-state index is 10.3. The molecule has 0 bridgehead atoms. The molecule has 2 aliphatic rings. The van der Waals surface area contributed by atoms with E-state index < -0.39 is 0 Å². The predicted octanol–water partition coefficient (Wildman–Crippen LogP) is 2.86. The molecule has 3 rings (SSSR count). The number of aliphatic hydroxyl groups excluding tert-OH is 1. The fourth-order valence-corrected chi connectivity index (χ4v) is 4.15. The lowest BCUT2D eigenvalue weighted by Gasteiger charge is -2.41. The second-order valence-corrected chi connectivity index (χ2v) is 7.53. The molecule has 0 amide bonds. The van der Waals surface area contributed by atoms with Gasteiger partial charge in [0.25, 0.3) is 0 Å². The van der Waals surface area contributed by atoms with E-state index in [2.05, 4.69) is 11.8 Å². The average Bonchev–Trinajstić information content (AvgIpc) is 2.97. The summed E-state index contributed by atoms with van der Waals surface area (Å²) in [6, 6.07) is 0.279. The minimum Gasteiger partial charge on any atom is -0.507 e. The molecule has 1 aromatic carbocycles. The number of fused-ring (bicyclic) bond motifs is 1. The van der Waals surface area contributed by atoms with E-state index >= 15 is 0 Å². The van der Waals surface area contributed by atoms with Crippen LogP contribution in [0.4, 0.5) is 0 Å². The van der Waals surface area contributed by atoms with Crippen molar-refractivity contribution in [2.24, 2.45) is 0 Å². The highest BCUT2D eigenvalue weighted by Crippen LogP contribution is 2.43. The topological polar surface area (TPSA) is 52.9 Å². The number of phenolic OH excluding ortho intramolecular Hbond substituents is 1. The first-order valence-corrected chi connectivity index (χ1v) is 8.72. The second kappa shape index (κ2) is 5.99. The van der Waals surface area contributed by atoms with Crippen molar-refractivity contribution >= 4 is 0 Å². The Kier molecular flexibility index (Phi) is 4.32. The van der Waals surface area contributed by atoms with Gasteiger partial charge in [-0.05, 0) is 76.6 Å². The minimum absolute atomic E-state index is 0.231. The molecule has 4 heteroatoms. The first-order valence-electron chi connectivity index (χ1n) is 8.72. The van der Waals surface area contributed by atoms with E-state index in [1.807, 2.05) is 20.8 Å². The van der Waals surface area contributed by atoms with Crippen molar-refractivity contribution in [2.45, 2.75) is 65.0 Å². The number of benzene rings is 1. The van der Waals surface area contributed by atoms with Crippen LogP contribution in [0.2, 0.25) is 0 Å². The van der Waals surface area contributed by atoms with Crippen LogP contribution in [0.15, 0.2) is 0 Å². The van der Waals surface area contributed by atoms with Crippen molar-refractivity contribution in [3.05, 3.63) is 22.3 Å². The molecule has 2 heterocycles. The third kappa shape index (κ3) is 2.83. The van der Waals surface area contributed by atoms with Crippen LogP contribution >= 0.6 is 0 Å². The SMILES string of the molecule is Cc1c(C)c2c(c(C)c1O)CCC(C)(CN1CCC[C@H]1CO)O2. The van der Waals surface area contributed by atoms with Gasteiger partial charge in [0.05, 0.1) is 6.61 Å². The van der Waals surface area contributed by atoms with Gasteiger partial charge in [-0.25, -0.2) is 0 Å². The molecule has 2 aliphatic heterocycles. The Balaban J connectivity index is 1.87. The van der Waals surface area contributed by atoms with Crippen LogP contribution in [0.5, 0.6) is 11.5 Å². The van der Waals surface area contributed by atoms with Crippen LogP contribution in [0, 0.1) is 20.8 Å². The van der Waals surface area contributed by atoms with E-state index in [1.54, 1.807) is 0 Å². The second-order valence-electron chi connectivity index (χ2n) is 7.53. The summed E-state index contributed by atoms with van der Waals surface area (Å²) >= 11 is 0. The van der Waals surface area contributed by atoms with Gasteiger partial charge in [0.2, 0.25) is 0 Å². The minimum atomic E-state index is -0.231. The summed E-state index contributed by atoms with van der Waals surface area (Å²) in [5.74, 6) is 1.37. The molecule has 2 N–H and O–H groups in total. The highest BCUT2D eigenvalue weighted by Gasteiger charge is 2.38. The first-order chi connectivity index (χ1) is 10.9. The number of aliphatic hydroxyl groups is 1. The highest BCUT2D eigenvalue weighted by molar-refractivity contribution is 5.58. The fourth-order valence-electron chi connectivity index (χ4n) is 4.15. The zero-order chi connectivity index (χ0) is 16.8. The van der Waals surface area contributed by atoms with Crippen LogP contribution < -0.4 is 4.74 Å². The molecule has 1 fully saturated rings. The smallest absolute Gasteiger partial charge is 0.127 e. The molecule has 23 heavy (non-hydrogen) atoms. The van der Waals surface area contributed by atoms with Crippen molar-refractivity contribution in [3.63, 3.8) is 0 Å². The van der Waals surface area contributed by atoms with Crippen molar-refractivity contribution in [1.82, 2.24) is 4.90 Å². The molecular weight excluding hydrogens is 290 g/mol. The number of ether oxygens (including phenoxy) is 1. The largest absolute Gasteiger partial charge is 0.507 e. The number of hydrogen-bond donors (Lipinski definition) is 2. The number of nitrogens with zero attached hydrogens (tertiary/aromatic N) is 1. The van der Waals surface area contributed by atoms with Crippen molar-refractivity contribution in [2.75, 3.05) is 19.7 Å². The van der Waals surface area contributed by atoms with Crippen LogP contribution in [-0.2, 0) is 6.42 Å². The van der Waals surface area contributed by atoms with E-state index in [0.717, 1.165) is 66.8 Å². The van der Waals surface area contributed by atoms with E-state index in [-0.39, 0.29) is 18.2 Å². The number of phenols is 1. The maximum absolute atomic E-state index is 10.3. The Morgan fingerprint density at radius 3 is 2.65 bits per heavy atom. The molecule has 1 aromatic rings.